The van der Waals surface area contributed by atoms with Crippen molar-refractivity contribution in [3.8, 4) is 10.8 Å². The highest BCUT2D eigenvalue weighted by atomic mass is 79.9. The highest BCUT2D eigenvalue weighted by Crippen LogP contribution is 2.36. The van der Waals surface area contributed by atoms with Crippen LogP contribution in [0.2, 0.25) is 0 Å². The van der Waals surface area contributed by atoms with Gasteiger partial charge in [0.05, 0.1) is 15.4 Å². The molecule has 0 atom stereocenters. The van der Waals surface area contributed by atoms with Gasteiger partial charge in [0, 0.05) is 11.5 Å². The molecule has 0 aliphatic carbocycles. The average Bonchev–Trinajstić information content (AvgIpc) is 2.76. The van der Waals surface area contributed by atoms with E-state index >= 15 is 0 Å². The highest BCUT2D eigenvalue weighted by molar-refractivity contribution is 9.10. The summed E-state index contributed by atoms with van der Waals surface area (Å²) in [4.78, 5) is 0. The number of hydrogen-bond donors (Lipinski definition) is 0. The molecular formula is C13H8BrNOS. The molecule has 0 radical (unpaired) electrons. The molecule has 0 bridgehead atoms. The molecule has 0 saturated carbocycles. The first-order valence-corrected chi connectivity index (χ1v) is 6.68. The molecule has 3 rings (SSSR count). The van der Waals surface area contributed by atoms with E-state index in [0.717, 1.165) is 26.2 Å². The van der Waals surface area contributed by atoms with Crippen molar-refractivity contribution in [2.75, 3.05) is 0 Å². The van der Waals surface area contributed by atoms with Crippen LogP contribution in [-0.2, 0) is 0 Å². The number of aromatic nitrogens is 1. The van der Waals surface area contributed by atoms with E-state index in [1.54, 1.807) is 0 Å². The minimum Gasteiger partial charge on any atom is -0.443 e. The number of nitrogens with zero attached hydrogens (tertiary/aromatic N) is 1. The van der Waals surface area contributed by atoms with Gasteiger partial charge in [0.25, 0.3) is 0 Å². The Morgan fingerprint density at radius 1 is 1.00 bits per heavy atom. The van der Waals surface area contributed by atoms with Crippen LogP contribution in [0.3, 0.4) is 0 Å². The minimum absolute atomic E-state index is 0.807. The maximum atomic E-state index is 5.87. The topological polar surface area (TPSA) is 22.1 Å². The summed E-state index contributed by atoms with van der Waals surface area (Å²) < 4.78 is 11.2. The smallest absolute Gasteiger partial charge is 0.207 e. The number of rotatable bonds is 2. The van der Waals surface area contributed by atoms with Crippen LogP contribution in [0, 0.1) is 0 Å². The summed E-state index contributed by atoms with van der Waals surface area (Å²) in [5.74, 6) is 0.807. The van der Waals surface area contributed by atoms with Gasteiger partial charge in [0.1, 0.15) is 5.75 Å². The third-order valence-electron chi connectivity index (χ3n) is 2.39. The van der Waals surface area contributed by atoms with Crippen LogP contribution in [0.1, 0.15) is 0 Å². The normalized spacial score (nSPS) is 10.6. The number of ether oxygens (including phenoxy) is 1. The van der Waals surface area contributed by atoms with Gasteiger partial charge in [-0.3, -0.25) is 0 Å². The lowest BCUT2D eigenvalue weighted by atomic mass is 10.2. The lowest BCUT2D eigenvalue weighted by Crippen LogP contribution is -1.82. The molecule has 84 valence electrons. The summed E-state index contributed by atoms with van der Waals surface area (Å²) in [7, 11) is 0. The van der Waals surface area contributed by atoms with Crippen LogP contribution in [0.5, 0.6) is 10.8 Å². The van der Waals surface area contributed by atoms with E-state index in [9.17, 15) is 0 Å². The Balaban J connectivity index is 2.03. The molecule has 1 heterocycles. The monoisotopic (exact) mass is 305 g/mol. The van der Waals surface area contributed by atoms with Gasteiger partial charge in [-0.15, -0.1) is 0 Å². The van der Waals surface area contributed by atoms with Crippen LogP contribution < -0.4 is 4.74 Å². The molecule has 17 heavy (non-hydrogen) atoms. The lowest BCUT2D eigenvalue weighted by Gasteiger charge is -2.04. The van der Waals surface area contributed by atoms with Crippen LogP contribution in [0.25, 0.3) is 10.9 Å². The fourth-order valence-corrected chi connectivity index (χ4v) is 2.67. The lowest BCUT2D eigenvalue weighted by molar-refractivity contribution is 0.498. The van der Waals surface area contributed by atoms with Gasteiger partial charge in [-0.1, -0.05) is 24.3 Å². The summed E-state index contributed by atoms with van der Waals surface area (Å²) in [5, 5.41) is 1.88. The summed E-state index contributed by atoms with van der Waals surface area (Å²) in [6.07, 6.45) is 0. The Kier molecular flexibility index (Phi) is 2.82. The molecule has 1 aromatic heterocycles. The fraction of sp³-hybridized carbons (Fsp3) is 0. The van der Waals surface area contributed by atoms with Gasteiger partial charge >= 0.3 is 0 Å². The molecule has 2 nitrogen and oxygen atoms in total. The zero-order chi connectivity index (χ0) is 11.7. The summed E-state index contributed by atoms with van der Waals surface area (Å²) in [5.41, 5.74) is 0.972. The molecule has 4 heteroatoms. The first kappa shape index (κ1) is 10.7. The van der Waals surface area contributed by atoms with Gasteiger partial charge in [-0.25, -0.2) is 0 Å². The molecule has 3 aromatic rings. The second-order valence-electron chi connectivity index (χ2n) is 3.52. The molecular weight excluding hydrogens is 298 g/mol. The van der Waals surface area contributed by atoms with Crippen molar-refractivity contribution in [2.24, 2.45) is 0 Å². The van der Waals surface area contributed by atoms with Crippen molar-refractivity contribution in [1.82, 2.24) is 4.37 Å². The van der Waals surface area contributed by atoms with E-state index in [2.05, 4.69) is 20.3 Å². The molecule has 0 N–H and O–H groups in total. The van der Waals surface area contributed by atoms with E-state index in [1.807, 2.05) is 48.5 Å². The quantitative estimate of drug-likeness (QED) is 0.675. The van der Waals surface area contributed by atoms with E-state index in [4.69, 9.17) is 4.74 Å². The minimum atomic E-state index is 0.807. The Morgan fingerprint density at radius 3 is 2.65 bits per heavy atom. The van der Waals surface area contributed by atoms with E-state index in [1.165, 1.54) is 11.5 Å². The molecule has 0 spiro atoms. The van der Waals surface area contributed by atoms with E-state index < -0.39 is 0 Å². The van der Waals surface area contributed by atoms with Crippen LogP contribution in [0.4, 0.5) is 0 Å². The zero-order valence-electron chi connectivity index (χ0n) is 8.76. The fourth-order valence-electron chi connectivity index (χ4n) is 1.57. The van der Waals surface area contributed by atoms with Gasteiger partial charge in [-0.2, -0.15) is 4.37 Å². The Bertz CT molecular complexity index is 665. The van der Waals surface area contributed by atoms with Crippen molar-refractivity contribution in [1.29, 1.82) is 0 Å². The third kappa shape index (κ3) is 2.06. The largest absolute Gasteiger partial charge is 0.443 e. The number of para-hydroxylation sites is 1. The molecule has 0 fully saturated rings. The number of fused-ring (bicyclic) bond motifs is 1. The van der Waals surface area contributed by atoms with Crippen LogP contribution in [-0.4, -0.2) is 4.37 Å². The maximum absolute atomic E-state index is 5.87. The van der Waals surface area contributed by atoms with Gasteiger partial charge < -0.3 is 4.74 Å². The van der Waals surface area contributed by atoms with E-state index in [0.29, 0.717) is 0 Å². The van der Waals surface area contributed by atoms with Crippen LogP contribution in [0.15, 0.2) is 53.0 Å². The highest BCUT2D eigenvalue weighted by Gasteiger charge is 2.08. The van der Waals surface area contributed by atoms with Crippen molar-refractivity contribution in [3.05, 3.63) is 53.0 Å². The molecule has 0 aliphatic heterocycles. The second kappa shape index (κ2) is 4.47. The Morgan fingerprint density at radius 2 is 1.76 bits per heavy atom. The van der Waals surface area contributed by atoms with Gasteiger partial charge in [0.2, 0.25) is 5.06 Å². The molecule has 2 aromatic carbocycles. The summed E-state index contributed by atoms with van der Waals surface area (Å²) in [6, 6.07) is 15.8. The number of hydrogen-bond acceptors (Lipinski definition) is 3. The maximum Gasteiger partial charge on any atom is 0.207 e. The molecule has 0 aliphatic rings. The van der Waals surface area contributed by atoms with E-state index in [-0.39, 0.29) is 0 Å². The third-order valence-corrected chi connectivity index (χ3v) is 3.80. The Hall–Kier alpha value is -1.39. The summed E-state index contributed by atoms with van der Waals surface area (Å²) in [6.45, 7) is 0. The zero-order valence-corrected chi connectivity index (χ0v) is 11.2. The standard InChI is InChI=1S/C13H8BrNOS/c14-10-6-2-4-8-12(10)16-13-9-5-1-3-7-11(9)15-17-13/h1-8H. The molecule has 0 unspecified atom stereocenters. The van der Waals surface area contributed by atoms with Crippen molar-refractivity contribution in [2.45, 2.75) is 0 Å². The SMILES string of the molecule is Brc1ccccc1Oc1snc2ccccc12. The van der Waals surface area contributed by atoms with Gasteiger partial charge in [0.15, 0.2) is 0 Å². The predicted molar refractivity (Wildman–Crippen MR) is 73.8 cm³/mol. The molecule has 0 saturated heterocycles. The second-order valence-corrected chi connectivity index (χ2v) is 5.11. The van der Waals surface area contributed by atoms with Crippen molar-refractivity contribution < 1.29 is 4.74 Å². The van der Waals surface area contributed by atoms with Crippen molar-refractivity contribution in [3.63, 3.8) is 0 Å². The number of benzene rings is 2. The first-order chi connectivity index (χ1) is 8.34. The van der Waals surface area contributed by atoms with Crippen molar-refractivity contribution >= 4 is 38.4 Å². The van der Waals surface area contributed by atoms with Gasteiger partial charge in [-0.05, 0) is 40.2 Å². The summed E-state index contributed by atoms with van der Waals surface area (Å²) >= 11 is 4.84. The Labute approximate surface area is 111 Å². The predicted octanol–water partition coefficient (Wildman–Crippen LogP) is 4.85. The number of halogens is 1. The first-order valence-electron chi connectivity index (χ1n) is 5.11. The van der Waals surface area contributed by atoms with Crippen LogP contribution >= 0.6 is 27.5 Å². The molecule has 0 amide bonds. The average molecular weight is 306 g/mol.